The SMILES string of the molecule is COCCNC(Cc1ccccc1)c1nc2c(s1)CCC2. The highest BCUT2D eigenvalue weighted by molar-refractivity contribution is 7.11. The molecule has 0 amide bonds. The van der Waals surface area contributed by atoms with Crippen molar-refractivity contribution in [3.05, 3.63) is 51.5 Å². The molecular weight excluding hydrogens is 280 g/mol. The molecule has 4 heteroatoms. The lowest BCUT2D eigenvalue weighted by Crippen LogP contribution is -2.26. The molecule has 3 rings (SSSR count). The summed E-state index contributed by atoms with van der Waals surface area (Å²) in [7, 11) is 1.74. The van der Waals surface area contributed by atoms with Crippen LogP contribution in [0.5, 0.6) is 0 Å². The van der Waals surface area contributed by atoms with E-state index in [0.717, 1.165) is 26.0 Å². The fourth-order valence-corrected chi connectivity index (χ4v) is 4.02. The van der Waals surface area contributed by atoms with Crippen molar-refractivity contribution >= 4 is 11.3 Å². The second-order valence-corrected chi connectivity index (χ2v) is 6.58. The first-order chi connectivity index (χ1) is 10.4. The van der Waals surface area contributed by atoms with E-state index in [1.165, 1.54) is 34.0 Å². The number of thiazole rings is 1. The quantitative estimate of drug-likeness (QED) is 0.798. The third-order valence-corrected chi connectivity index (χ3v) is 5.16. The highest BCUT2D eigenvalue weighted by Gasteiger charge is 2.22. The Hall–Kier alpha value is -1.23. The third kappa shape index (κ3) is 3.70. The topological polar surface area (TPSA) is 34.1 Å². The minimum absolute atomic E-state index is 0.290. The van der Waals surface area contributed by atoms with E-state index >= 15 is 0 Å². The second-order valence-electron chi connectivity index (χ2n) is 5.46. The number of benzene rings is 1. The van der Waals surface area contributed by atoms with Crippen LogP contribution in [0.2, 0.25) is 0 Å². The van der Waals surface area contributed by atoms with Gasteiger partial charge in [0.2, 0.25) is 0 Å². The molecule has 1 aliphatic carbocycles. The summed E-state index contributed by atoms with van der Waals surface area (Å²) in [6.45, 7) is 1.59. The fourth-order valence-electron chi connectivity index (χ4n) is 2.79. The Morgan fingerprint density at radius 1 is 1.29 bits per heavy atom. The second kappa shape index (κ2) is 7.16. The van der Waals surface area contributed by atoms with E-state index in [4.69, 9.17) is 9.72 Å². The number of nitrogens with zero attached hydrogens (tertiary/aromatic N) is 1. The van der Waals surface area contributed by atoms with Crippen LogP contribution in [0, 0.1) is 0 Å². The lowest BCUT2D eigenvalue weighted by molar-refractivity contribution is 0.195. The lowest BCUT2D eigenvalue weighted by atomic mass is 10.1. The van der Waals surface area contributed by atoms with E-state index in [1.807, 2.05) is 11.3 Å². The highest BCUT2D eigenvalue weighted by Crippen LogP contribution is 2.31. The van der Waals surface area contributed by atoms with Crippen LogP contribution in [0.1, 0.15) is 33.6 Å². The Morgan fingerprint density at radius 2 is 2.14 bits per heavy atom. The van der Waals surface area contributed by atoms with E-state index < -0.39 is 0 Å². The Labute approximate surface area is 130 Å². The van der Waals surface area contributed by atoms with Gasteiger partial charge in [-0.3, -0.25) is 0 Å². The number of methoxy groups -OCH3 is 1. The van der Waals surface area contributed by atoms with Crippen LogP contribution < -0.4 is 5.32 Å². The fraction of sp³-hybridized carbons (Fsp3) is 0.471. The van der Waals surface area contributed by atoms with Crippen LogP contribution in [-0.4, -0.2) is 25.2 Å². The zero-order valence-electron chi connectivity index (χ0n) is 12.5. The molecule has 21 heavy (non-hydrogen) atoms. The van der Waals surface area contributed by atoms with Gasteiger partial charge in [-0.25, -0.2) is 4.98 Å². The Balaban J connectivity index is 1.74. The predicted octanol–water partition coefficient (Wildman–Crippen LogP) is 3.15. The first-order valence-corrected chi connectivity index (χ1v) is 8.43. The molecule has 1 aromatic heterocycles. The smallest absolute Gasteiger partial charge is 0.110 e. The molecule has 1 atom stereocenters. The number of aromatic nitrogens is 1. The van der Waals surface area contributed by atoms with Crippen molar-refractivity contribution in [3.8, 4) is 0 Å². The Bertz CT molecular complexity index is 546. The van der Waals surface area contributed by atoms with Gasteiger partial charge in [-0.1, -0.05) is 30.3 Å². The van der Waals surface area contributed by atoms with Gasteiger partial charge >= 0.3 is 0 Å². The minimum atomic E-state index is 0.290. The van der Waals surface area contributed by atoms with Gasteiger partial charge in [0.05, 0.1) is 18.3 Å². The molecule has 0 bridgehead atoms. The maximum Gasteiger partial charge on any atom is 0.110 e. The molecular formula is C17H22N2OS. The zero-order valence-corrected chi connectivity index (χ0v) is 13.3. The third-order valence-electron chi connectivity index (χ3n) is 3.89. The standard InChI is InChI=1S/C17H22N2OS/c1-20-11-10-18-15(12-13-6-3-2-4-7-13)17-19-14-8-5-9-16(14)21-17/h2-4,6-7,15,18H,5,8-12H2,1H3. The normalized spacial score (nSPS) is 15.1. The number of ether oxygens (including phenoxy) is 1. The molecule has 2 aromatic rings. The minimum Gasteiger partial charge on any atom is -0.383 e. The molecule has 1 aromatic carbocycles. The van der Waals surface area contributed by atoms with Gasteiger partial charge < -0.3 is 10.1 Å². The molecule has 0 aliphatic heterocycles. The van der Waals surface area contributed by atoms with E-state index in [2.05, 4.69) is 35.6 Å². The van der Waals surface area contributed by atoms with Crippen molar-refractivity contribution in [1.29, 1.82) is 0 Å². The maximum absolute atomic E-state index is 5.16. The van der Waals surface area contributed by atoms with Crippen LogP contribution in [0.4, 0.5) is 0 Å². The monoisotopic (exact) mass is 302 g/mol. The summed E-state index contributed by atoms with van der Waals surface area (Å²) in [5, 5.41) is 4.83. The van der Waals surface area contributed by atoms with Gasteiger partial charge in [-0.2, -0.15) is 0 Å². The molecule has 0 saturated carbocycles. The van der Waals surface area contributed by atoms with Crippen LogP contribution in [0.25, 0.3) is 0 Å². The van der Waals surface area contributed by atoms with Gasteiger partial charge in [0.25, 0.3) is 0 Å². The van der Waals surface area contributed by atoms with Crippen molar-refractivity contribution in [2.24, 2.45) is 0 Å². The van der Waals surface area contributed by atoms with Crippen LogP contribution in [0.3, 0.4) is 0 Å². The lowest BCUT2D eigenvalue weighted by Gasteiger charge is -2.16. The van der Waals surface area contributed by atoms with Gasteiger partial charge in [0.15, 0.2) is 0 Å². The number of nitrogens with one attached hydrogen (secondary N) is 1. The van der Waals surface area contributed by atoms with Crippen molar-refractivity contribution in [2.75, 3.05) is 20.3 Å². The summed E-state index contributed by atoms with van der Waals surface area (Å²) in [6.07, 6.45) is 4.62. The molecule has 1 unspecified atom stereocenters. The summed E-state index contributed by atoms with van der Waals surface area (Å²) in [5.74, 6) is 0. The molecule has 1 aliphatic rings. The number of rotatable bonds is 7. The van der Waals surface area contributed by atoms with Crippen molar-refractivity contribution in [3.63, 3.8) is 0 Å². The maximum atomic E-state index is 5.16. The summed E-state index contributed by atoms with van der Waals surface area (Å²) in [4.78, 5) is 6.38. The van der Waals surface area contributed by atoms with Crippen LogP contribution in [0.15, 0.2) is 30.3 Å². The van der Waals surface area contributed by atoms with Gasteiger partial charge in [0, 0.05) is 18.5 Å². The number of aryl methyl sites for hydroxylation is 2. The summed E-state index contributed by atoms with van der Waals surface area (Å²) < 4.78 is 5.16. The Kier molecular flexibility index (Phi) is 5.01. The van der Waals surface area contributed by atoms with Crippen LogP contribution >= 0.6 is 11.3 Å². The summed E-state index contributed by atoms with van der Waals surface area (Å²) in [5.41, 5.74) is 2.68. The molecule has 0 fully saturated rings. The first-order valence-electron chi connectivity index (χ1n) is 7.61. The van der Waals surface area contributed by atoms with E-state index in [1.54, 1.807) is 7.11 Å². The van der Waals surface area contributed by atoms with Crippen molar-refractivity contribution < 1.29 is 4.74 Å². The molecule has 3 nitrogen and oxygen atoms in total. The zero-order chi connectivity index (χ0) is 14.5. The highest BCUT2D eigenvalue weighted by atomic mass is 32.1. The average Bonchev–Trinajstić information content (AvgIpc) is 3.09. The van der Waals surface area contributed by atoms with Gasteiger partial charge in [0.1, 0.15) is 5.01 Å². The molecule has 0 spiro atoms. The molecule has 1 heterocycles. The van der Waals surface area contributed by atoms with Gasteiger partial charge in [-0.15, -0.1) is 11.3 Å². The Morgan fingerprint density at radius 3 is 2.90 bits per heavy atom. The molecule has 0 saturated heterocycles. The molecule has 0 radical (unpaired) electrons. The van der Waals surface area contributed by atoms with E-state index in [-0.39, 0.29) is 6.04 Å². The van der Waals surface area contributed by atoms with Crippen LogP contribution in [-0.2, 0) is 24.0 Å². The van der Waals surface area contributed by atoms with Gasteiger partial charge in [-0.05, 0) is 31.2 Å². The number of fused-ring (bicyclic) bond motifs is 1. The molecule has 1 N–H and O–H groups in total. The predicted molar refractivity (Wildman–Crippen MR) is 86.9 cm³/mol. The summed E-state index contributed by atoms with van der Waals surface area (Å²) in [6, 6.07) is 10.9. The van der Waals surface area contributed by atoms with Crippen molar-refractivity contribution in [2.45, 2.75) is 31.7 Å². The van der Waals surface area contributed by atoms with E-state index in [0.29, 0.717) is 0 Å². The number of hydrogen-bond acceptors (Lipinski definition) is 4. The van der Waals surface area contributed by atoms with E-state index in [9.17, 15) is 0 Å². The first kappa shape index (κ1) is 14.7. The summed E-state index contributed by atoms with van der Waals surface area (Å²) >= 11 is 1.89. The average molecular weight is 302 g/mol. The van der Waals surface area contributed by atoms with Crippen molar-refractivity contribution in [1.82, 2.24) is 10.3 Å². The number of hydrogen-bond donors (Lipinski definition) is 1. The molecule has 112 valence electrons. The largest absolute Gasteiger partial charge is 0.383 e.